The Morgan fingerprint density at radius 1 is 1.25 bits per heavy atom. The van der Waals surface area contributed by atoms with Crippen LogP contribution in [-0.2, 0) is 4.74 Å². The molecule has 0 bridgehead atoms. The van der Waals surface area contributed by atoms with E-state index in [0.29, 0.717) is 27.8 Å². The molecule has 2 heterocycles. The first kappa shape index (κ1) is 25.5. The van der Waals surface area contributed by atoms with Gasteiger partial charge in [0.05, 0.1) is 38.6 Å². The second-order valence-corrected chi connectivity index (χ2v) is 9.90. The van der Waals surface area contributed by atoms with Crippen LogP contribution in [0.3, 0.4) is 0 Å². The maximum absolute atomic E-state index is 13.1. The number of nitrogens with one attached hydrogen (secondary N) is 2. The number of hydrogen-bond donors (Lipinski definition) is 2. The van der Waals surface area contributed by atoms with Crippen LogP contribution in [0.2, 0.25) is 0 Å². The molecular formula is C24H25N5O5S2. The molecule has 1 aliphatic rings. The second kappa shape index (κ2) is 11.0. The van der Waals surface area contributed by atoms with Gasteiger partial charge in [-0.3, -0.25) is 20.2 Å². The summed E-state index contributed by atoms with van der Waals surface area (Å²) in [6, 6.07) is 9.34. The van der Waals surface area contributed by atoms with E-state index < -0.39 is 16.8 Å². The molecule has 0 atom stereocenters. The van der Waals surface area contributed by atoms with Crippen molar-refractivity contribution in [2.45, 2.75) is 26.7 Å². The van der Waals surface area contributed by atoms with E-state index in [9.17, 15) is 19.7 Å². The molecule has 1 aromatic heterocycles. The number of esters is 1. The van der Waals surface area contributed by atoms with Gasteiger partial charge in [-0.05, 0) is 62.2 Å². The molecule has 4 rings (SSSR count). The van der Waals surface area contributed by atoms with E-state index in [4.69, 9.17) is 17.0 Å². The fourth-order valence-corrected chi connectivity index (χ4v) is 5.13. The summed E-state index contributed by atoms with van der Waals surface area (Å²) in [6.45, 7) is 5.74. The van der Waals surface area contributed by atoms with E-state index in [1.807, 2.05) is 0 Å². The summed E-state index contributed by atoms with van der Waals surface area (Å²) in [6.07, 6.45) is 1.96. The largest absolute Gasteiger partial charge is 0.462 e. The molecule has 0 saturated carbocycles. The molecule has 3 aromatic rings. The maximum Gasteiger partial charge on any atom is 0.338 e. The Hall–Kier alpha value is -3.64. The summed E-state index contributed by atoms with van der Waals surface area (Å²) in [5.41, 5.74) is 1.73. The Morgan fingerprint density at radius 3 is 2.69 bits per heavy atom. The number of non-ortho nitro benzene ring substituents is 1. The topological polar surface area (TPSA) is 127 Å². The van der Waals surface area contributed by atoms with Crippen molar-refractivity contribution in [2.24, 2.45) is 5.92 Å². The molecule has 1 aliphatic heterocycles. The van der Waals surface area contributed by atoms with Crippen molar-refractivity contribution < 1.29 is 19.2 Å². The molecule has 1 amide bonds. The lowest BCUT2D eigenvalue weighted by Gasteiger charge is -2.33. The number of rotatable bonds is 6. The van der Waals surface area contributed by atoms with Crippen molar-refractivity contribution in [1.82, 2.24) is 10.3 Å². The van der Waals surface area contributed by atoms with Crippen molar-refractivity contribution in [1.29, 1.82) is 0 Å². The van der Waals surface area contributed by atoms with Crippen LogP contribution in [0.25, 0.3) is 10.2 Å². The molecule has 1 saturated heterocycles. The lowest BCUT2D eigenvalue weighted by Crippen LogP contribution is -2.37. The summed E-state index contributed by atoms with van der Waals surface area (Å²) < 4.78 is 5.78. The number of amides is 1. The van der Waals surface area contributed by atoms with Gasteiger partial charge in [-0.25, -0.2) is 9.78 Å². The molecule has 12 heteroatoms. The van der Waals surface area contributed by atoms with Crippen LogP contribution in [0.15, 0.2) is 36.4 Å². The molecule has 188 valence electrons. The zero-order valence-electron chi connectivity index (χ0n) is 19.8. The van der Waals surface area contributed by atoms with E-state index >= 15 is 0 Å². The van der Waals surface area contributed by atoms with Crippen LogP contribution in [0, 0.1) is 16.0 Å². The fraction of sp³-hybridized carbons (Fsp3) is 0.333. The van der Waals surface area contributed by atoms with Crippen molar-refractivity contribution in [3.8, 4) is 0 Å². The third-order valence-corrected chi connectivity index (χ3v) is 7.04. The highest BCUT2D eigenvalue weighted by molar-refractivity contribution is 7.80. The quantitative estimate of drug-likeness (QED) is 0.202. The first-order valence-electron chi connectivity index (χ1n) is 11.5. The number of nitro groups is 1. The van der Waals surface area contributed by atoms with Gasteiger partial charge in [-0.2, -0.15) is 0 Å². The maximum atomic E-state index is 13.1. The number of piperidine rings is 1. The fourth-order valence-electron chi connectivity index (χ4n) is 3.96. The smallest absolute Gasteiger partial charge is 0.338 e. The Bertz CT molecular complexity index is 1330. The minimum atomic E-state index is -0.546. The van der Waals surface area contributed by atoms with Crippen LogP contribution in [-0.4, -0.2) is 46.6 Å². The van der Waals surface area contributed by atoms with Crippen LogP contribution < -0.4 is 15.5 Å². The first-order valence-corrected chi connectivity index (χ1v) is 12.7. The summed E-state index contributed by atoms with van der Waals surface area (Å²) in [4.78, 5) is 42.5. The zero-order chi connectivity index (χ0) is 25.8. The Morgan fingerprint density at radius 2 is 2.00 bits per heavy atom. The average molecular weight is 528 g/mol. The number of nitrogens with zero attached hydrogens (tertiary/aromatic N) is 3. The zero-order valence-corrected chi connectivity index (χ0v) is 21.4. The van der Waals surface area contributed by atoms with Crippen molar-refractivity contribution in [2.75, 3.05) is 29.9 Å². The number of thiazole rings is 1. The molecular weight excluding hydrogens is 502 g/mol. The van der Waals surface area contributed by atoms with Crippen molar-refractivity contribution in [3.05, 3.63) is 57.6 Å². The molecule has 1 fully saturated rings. The van der Waals surface area contributed by atoms with Gasteiger partial charge in [-0.15, -0.1) is 0 Å². The number of hydrogen-bond acceptors (Lipinski definition) is 9. The van der Waals surface area contributed by atoms with Gasteiger partial charge >= 0.3 is 5.97 Å². The van der Waals surface area contributed by atoms with E-state index in [2.05, 4.69) is 27.4 Å². The van der Waals surface area contributed by atoms with E-state index in [1.165, 1.54) is 23.5 Å². The molecule has 0 radical (unpaired) electrons. The minimum Gasteiger partial charge on any atom is -0.462 e. The van der Waals surface area contributed by atoms with E-state index in [-0.39, 0.29) is 23.0 Å². The molecule has 0 unspecified atom stereocenters. The SMILES string of the molecule is CCOC(=O)c1ccc2nc(NC(=S)NC(=O)c3cc([N+](=O)[O-])ccc3N3CCC(C)CC3)sc2c1. The highest BCUT2D eigenvalue weighted by atomic mass is 32.1. The number of nitro benzene ring substituents is 1. The molecule has 2 N–H and O–H groups in total. The number of fused-ring (bicyclic) bond motifs is 1. The van der Waals surface area contributed by atoms with E-state index in [1.54, 1.807) is 31.2 Å². The highest BCUT2D eigenvalue weighted by Gasteiger charge is 2.24. The monoisotopic (exact) mass is 527 g/mol. The van der Waals surface area contributed by atoms with Gasteiger partial charge in [0.15, 0.2) is 10.2 Å². The number of thiocarbonyl (C=S) groups is 1. The number of anilines is 2. The number of aromatic nitrogens is 1. The van der Waals surface area contributed by atoms with E-state index in [0.717, 1.165) is 30.6 Å². The standard InChI is InChI=1S/C24H25N5O5S2/c1-3-34-22(31)15-4-6-18-20(12-15)36-24(25-18)27-23(35)26-21(30)17-13-16(29(32)33)5-7-19(17)28-10-8-14(2)9-11-28/h4-7,12-14H,3,8-11H2,1-2H3,(H2,25,26,27,30,35). The van der Waals surface area contributed by atoms with Gasteiger partial charge in [0.25, 0.3) is 11.6 Å². The highest BCUT2D eigenvalue weighted by Crippen LogP contribution is 2.30. The number of carbonyl (C=O) groups is 2. The molecule has 0 aliphatic carbocycles. The lowest BCUT2D eigenvalue weighted by atomic mass is 9.98. The third-order valence-electron chi connectivity index (χ3n) is 5.91. The van der Waals surface area contributed by atoms with Crippen LogP contribution in [0.4, 0.5) is 16.5 Å². The van der Waals surface area contributed by atoms with Gasteiger partial charge in [0, 0.05) is 25.2 Å². The Kier molecular flexibility index (Phi) is 7.75. The molecule has 36 heavy (non-hydrogen) atoms. The summed E-state index contributed by atoms with van der Waals surface area (Å²) >= 11 is 6.58. The van der Waals surface area contributed by atoms with Gasteiger partial charge in [0.1, 0.15) is 0 Å². The number of carbonyl (C=O) groups excluding carboxylic acids is 2. The van der Waals surface area contributed by atoms with Crippen LogP contribution >= 0.6 is 23.6 Å². The summed E-state index contributed by atoms with van der Waals surface area (Å²) in [7, 11) is 0. The number of benzene rings is 2. The average Bonchev–Trinajstić information content (AvgIpc) is 3.25. The minimum absolute atomic E-state index is 0.00870. The molecule has 0 spiro atoms. The normalized spacial score (nSPS) is 13.9. The first-order chi connectivity index (χ1) is 17.2. The third kappa shape index (κ3) is 5.77. The Labute approximate surface area is 216 Å². The van der Waals surface area contributed by atoms with Crippen LogP contribution in [0.5, 0.6) is 0 Å². The molecule has 2 aromatic carbocycles. The summed E-state index contributed by atoms with van der Waals surface area (Å²) in [5.74, 6) is -0.368. The second-order valence-electron chi connectivity index (χ2n) is 8.46. The van der Waals surface area contributed by atoms with Crippen LogP contribution in [0.1, 0.15) is 47.4 Å². The van der Waals surface area contributed by atoms with Crippen molar-refractivity contribution >= 4 is 67.3 Å². The van der Waals surface area contributed by atoms with Gasteiger partial charge < -0.3 is 15.0 Å². The van der Waals surface area contributed by atoms with Crippen molar-refractivity contribution in [3.63, 3.8) is 0 Å². The lowest BCUT2D eigenvalue weighted by molar-refractivity contribution is -0.384. The Balaban J connectivity index is 1.50. The number of ether oxygens (including phenoxy) is 1. The predicted octanol–water partition coefficient (Wildman–Crippen LogP) is 4.74. The molecule has 10 nitrogen and oxygen atoms in total. The van der Waals surface area contributed by atoms with Gasteiger partial charge in [0.2, 0.25) is 0 Å². The summed E-state index contributed by atoms with van der Waals surface area (Å²) in [5, 5.41) is 17.3. The predicted molar refractivity (Wildman–Crippen MR) is 143 cm³/mol. The van der Waals surface area contributed by atoms with Gasteiger partial charge in [-0.1, -0.05) is 18.3 Å².